The molecular formula is C18H24N2O4. The molecule has 3 rings (SSSR count). The summed E-state index contributed by atoms with van der Waals surface area (Å²) in [5.41, 5.74) is 0.708. The van der Waals surface area contributed by atoms with Crippen LogP contribution in [-0.4, -0.2) is 48.6 Å². The van der Waals surface area contributed by atoms with Gasteiger partial charge in [0.05, 0.1) is 6.10 Å². The van der Waals surface area contributed by atoms with Gasteiger partial charge >= 0.3 is 0 Å². The summed E-state index contributed by atoms with van der Waals surface area (Å²) in [5.74, 6) is 0.580. The van der Waals surface area contributed by atoms with Crippen molar-refractivity contribution in [3.05, 3.63) is 24.3 Å². The third-order valence-electron chi connectivity index (χ3n) is 4.54. The molecule has 1 N–H and O–H groups in total. The lowest BCUT2D eigenvalue weighted by atomic mass is 10.2. The minimum Gasteiger partial charge on any atom is -0.491 e. The summed E-state index contributed by atoms with van der Waals surface area (Å²) in [7, 11) is 0. The molecule has 24 heavy (non-hydrogen) atoms. The predicted octanol–water partition coefficient (Wildman–Crippen LogP) is 2.19. The van der Waals surface area contributed by atoms with Gasteiger partial charge in [0.15, 0.2) is 0 Å². The number of ether oxygens (including phenoxy) is 2. The van der Waals surface area contributed by atoms with E-state index < -0.39 is 0 Å². The first-order valence-electron chi connectivity index (χ1n) is 8.56. The fourth-order valence-electron chi connectivity index (χ4n) is 3.24. The van der Waals surface area contributed by atoms with E-state index in [1.54, 1.807) is 4.90 Å². The summed E-state index contributed by atoms with van der Waals surface area (Å²) in [6.07, 6.45) is 3.91. The molecule has 2 atom stereocenters. The monoisotopic (exact) mass is 332 g/mol. The van der Waals surface area contributed by atoms with Crippen LogP contribution in [0.25, 0.3) is 0 Å². The lowest BCUT2D eigenvalue weighted by molar-refractivity contribution is -0.134. The summed E-state index contributed by atoms with van der Waals surface area (Å²) < 4.78 is 11.2. The second-order valence-electron chi connectivity index (χ2n) is 6.33. The zero-order valence-corrected chi connectivity index (χ0v) is 14.0. The van der Waals surface area contributed by atoms with Crippen LogP contribution in [0, 0.1) is 0 Å². The molecule has 1 aromatic carbocycles. The standard InChI is InChI=1S/C18H24N2O4/c1-13(21)20-10-2-5-17(20)18(22)19-14-6-8-15(9-7-14)24-12-16-4-3-11-23-16/h6-9,16-17H,2-5,10-12H2,1H3,(H,19,22). The topological polar surface area (TPSA) is 67.9 Å². The van der Waals surface area contributed by atoms with Crippen LogP contribution >= 0.6 is 0 Å². The summed E-state index contributed by atoms with van der Waals surface area (Å²) in [4.78, 5) is 25.6. The number of nitrogens with zero attached hydrogens (tertiary/aromatic N) is 1. The highest BCUT2D eigenvalue weighted by Crippen LogP contribution is 2.21. The zero-order chi connectivity index (χ0) is 16.9. The van der Waals surface area contributed by atoms with Crippen LogP contribution in [0.2, 0.25) is 0 Å². The van der Waals surface area contributed by atoms with Crippen molar-refractivity contribution >= 4 is 17.5 Å². The maximum Gasteiger partial charge on any atom is 0.247 e. The molecule has 2 heterocycles. The van der Waals surface area contributed by atoms with E-state index in [2.05, 4.69) is 5.32 Å². The fraction of sp³-hybridized carbons (Fsp3) is 0.556. The van der Waals surface area contributed by atoms with Crippen molar-refractivity contribution in [2.75, 3.05) is 25.1 Å². The molecule has 2 saturated heterocycles. The number of carbonyl (C=O) groups excluding carboxylic acids is 2. The number of nitrogens with one attached hydrogen (secondary N) is 1. The highest BCUT2D eigenvalue weighted by molar-refractivity contribution is 5.97. The van der Waals surface area contributed by atoms with Crippen LogP contribution in [0.4, 0.5) is 5.69 Å². The number of hydrogen-bond donors (Lipinski definition) is 1. The van der Waals surface area contributed by atoms with Crippen LogP contribution in [0.15, 0.2) is 24.3 Å². The van der Waals surface area contributed by atoms with Gasteiger partial charge in [0.1, 0.15) is 18.4 Å². The van der Waals surface area contributed by atoms with Gasteiger partial charge in [-0.1, -0.05) is 0 Å². The molecule has 1 aromatic rings. The Bertz CT molecular complexity index is 581. The predicted molar refractivity (Wildman–Crippen MR) is 89.9 cm³/mol. The molecular weight excluding hydrogens is 308 g/mol. The van der Waals surface area contributed by atoms with E-state index >= 15 is 0 Å². The molecule has 6 heteroatoms. The summed E-state index contributed by atoms with van der Waals surface area (Å²) >= 11 is 0. The van der Waals surface area contributed by atoms with Crippen LogP contribution in [0.1, 0.15) is 32.6 Å². The largest absolute Gasteiger partial charge is 0.491 e. The van der Waals surface area contributed by atoms with Crippen molar-refractivity contribution < 1.29 is 19.1 Å². The summed E-state index contributed by atoms with van der Waals surface area (Å²) in [6.45, 7) is 3.54. The Balaban J connectivity index is 1.51. The SMILES string of the molecule is CC(=O)N1CCCC1C(=O)Nc1ccc(OCC2CCCO2)cc1. The molecule has 6 nitrogen and oxygen atoms in total. The van der Waals surface area contributed by atoms with Gasteiger partial charge in [-0.2, -0.15) is 0 Å². The minimum absolute atomic E-state index is 0.0504. The highest BCUT2D eigenvalue weighted by atomic mass is 16.5. The second kappa shape index (κ2) is 7.66. The van der Waals surface area contributed by atoms with E-state index in [0.29, 0.717) is 25.3 Å². The van der Waals surface area contributed by atoms with E-state index in [1.165, 1.54) is 6.92 Å². The number of likely N-dealkylation sites (tertiary alicyclic amines) is 1. The Morgan fingerprint density at radius 1 is 1.25 bits per heavy atom. The maximum atomic E-state index is 12.4. The molecule has 0 radical (unpaired) electrons. The highest BCUT2D eigenvalue weighted by Gasteiger charge is 2.32. The van der Waals surface area contributed by atoms with Crippen LogP contribution in [0.5, 0.6) is 5.75 Å². The smallest absolute Gasteiger partial charge is 0.247 e. The Kier molecular flexibility index (Phi) is 5.35. The molecule has 2 fully saturated rings. The molecule has 0 bridgehead atoms. The molecule has 2 aliphatic rings. The normalized spacial score (nSPS) is 23.3. The number of carbonyl (C=O) groups is 2. The lowest BCUT2D eigenvalue weighted by Gasteiger charge is -2.22. The third kappa shape index (κ3) is 4.06. The van der Waals surface area contributed by atoms with Gasteiger partial charge in [0.25, 0.3) is 0 Å². The van der Waals surface area contributed by atoms with Crippen LogP contribution in [-0.2, 0) is 14.3 Å². The minimum atomic E-state index is -0.363. The second-order valence-corrected chi connectivity index (χ2v) is 6.33. The van der Waals surface area contributed by atoms with Crippen molar-refractivity contribution in [3.63, 3.8) is 0 Å². The van der Waals surface area contributed by atoms with Crippen molar-refractivity contribution in [3.8, 4) is 5.75 Å². The Labute approximate surface area is 142 Å². The summed E-state index contributed by atoms with van der Waals surface area (Å²) in [6, 6.07) is 6.94. The van der Waals surface area contributed by atoms with Gasteiger partial charge in [0, 0.05) is 25.8 Å². The molecule has 2 unspecified atom stereocenters. The Morgan fingerprint density at radius 3 is 2.71 bits per heavy atom. The number of rotatable bonds is 5. The van der Waals surface area contributed by atoms with Crippen molar-refractivity contribution in [2.24, 2.45) is 0 Å². The van der Waals surface area contributed by atoms with Gasteiger partial charge in [0.2, 0.25) is 11.8 Å². The van der Waals surface area contributed by atoms with Gasteiger partial charge in [-0.05, 0) is 49.9 Å². The van der Waals surface area contributed by atoms with E-state index in [1.807, 2.05) is 24.3 Å². The average molecular weight is 332 g/mol. The van der Waals surface area contributed by atoms with Crippen LogP contribution < -0.4 is 10.1 Å². The number of amides is 2. The molecule has 0 aromatic heterocycles. The maximum absolute atomic E-state index is 12.4. The number of anilines is 1. The first-order chi connectivity index (χ1) is 11.6. The van der Waals surface area contributed by atoms with E-state index in [0.717, 1.165) is 31.6 Å². The van der Waals surface area contributed by atoms with Crippen molar-refractivity contribution in [2.45, 2.75) is 44.8 Å². The number of hydrogen-bond acceptors (Lipinski definition) is 4. The lowest BCUT2D eigenvalue weighted by Crippen LogP contribution is -2.42. The van der Waals surface area contributed by atoms with Crippen LogP contribution in [0.3, 0.4) is 0 Å². The van der Waals surface area contributed by atoms with E-state index in [-0.39, 0.29) is 24.0 Å². The first kappa shape index (κ1) is 16.8. The van der Waals surface area contributed by atoms with Gasteiger partial charge in [-0.15, -0.1) is 0 Å². The quantitative estimate of drug-likeness (QED) is 0.897. The number of benzene rings is 1. The molecule has 2 aliphatic heterocycles. The first-order valence-corrected chi connectivity index (χ1v) is 8.56. The molecule has 0 spiro atoms. The molecule has 130 valence electrons. The van der Waals surface area contributed by atoms with Crippen molar-refractivity contribution in [1.82, 2.24) is 4.90 Å². The Hall–Kier alpha value is -2.08. The van der Waals surface area contributed by atoms with Gasteiger partial charge in [-0.3, -0.25) is 9.59 Å². The molecule has 0 saturated carbocycles. The van der Waals surface area contributed by atoms with Gasteiger partial charge < -0.3 is 19.7 Å². The fourth-order valence-corrected chi connectivity index (χ4v) is 3.24. The van der Waals surface area contributed by atoms with E-state index in [9.17, 15) is 9.59 Å². The van der Waals surface area contributed by atoms with E-state index in [4.69, 9.17) is 9.47 Å². The zero-order valence-electron chi connectivity index (χ0n) is 14.0. The van der Waals surface area contributed by atoms with Crippen molar-refractivity contribution in [1.29, 1.82) is 0 Å². The molecule has 2 amide bonds. The summed E-state index contributed by atoms with van der Waals surface area (Å²) in [5, 5.41) is 2.88. The Morgan fingerprint density at radius 2 is 2.04 bits per heavy atom. The average Bonchev–Trinajstić information content (AvgIpc) is 3.25. The molecule has 0 aliphatic carbocycles. The third-order valence-corrected chi connectivity index (χ3v) is 4.54. The van der Waals surface area contributed by atoms with Gasteiger partial charge in [-0.25, -0.2) is 0 Å².